The molecule has 1 aliphatic rings. The molecule has 2 heterocycles. The van der Waals surface area contributed by atoms with Crippen LogP contribution in [-0.2, 0) is 4.79 Å². The molecule has 1 saturated heterocycles. The van der Waals surface area contributed by atoms with Crippen LogP contribution < -0.4 is 4.90 Å². The Morgan fingerprint density at radius 2 is 2.00 bits per heavy atom. The average Bonchev–Trinajstić information content (AvgIpc) is 2.66. The molecule has 0 N–H and O–H groups in total. The normalized spacial score (nSPS) is 14.6. The minimum Gasteiger partial charge on any atom is -0.353 e. The Bertz CT molecular complexity index is 818. The second-order valence-corrected chi connectivity index (χ2v) is 6.15. The maximum Gasteiger partial charge on any atom is 0.246 e. The zero-order chi connectivity index (χ0) is 17.6. The van der Waals surface area contributed by atoms with E-state index in [0.29, 0.717) is 23.7 Å². The number of pyridine rings is 1. The molecule has 0 atom stereocenters. The van der Waals surface area contributed by atoms with E-state index in [0.717, 1.165) is 24.5 Å². The summed E-state index contributed by atoms with van der Waals surface area (Å²) in [5.41, 5.74) is 1.45. The van der Waals surface area contributed by atoms with Crippen LogP contribution in [0.4, 0.5) is 5.82 Å². The van der Waals surface area contributed by atoms with E-state index in [1.54, 1.807) is 30.5 Å². The standard InChI is InChI=1S/C19H17ClN4O/c20-17-3-1-2-15(12-17)5-7-19(25)24-10-8-23(9-11-24)18-6-4-16(13-21)14-22-18/h1-7,12,14H,8-11H2. The Morgan fingerprint density at radius 1 is 1.20 bits per heavy atom. The fourth-order valence-corrected chi connectivity index (χ4v) is 2.88. The van der Waals surface area contributed by atoms with Gasteiger partial charge >= 0.3 is 0 Å². The Hall–Kier alpha value is -2.84. The van der Waals surface area contributed by atoms with E-state index in [1.165, 1.54) is 0 Å². The molecule has 1 aliphatic heterocycles. The van der Waals surface area contributed by atoms with Gasteiger partial charge in [0.25, 0.3) is 0 Å². The van der Waals surface area contributed by atoms with Crippen molar-refractivity contribution in [1.82, 2.24) is 9.88 Å². The first-order valence-corrected chi connectivity index (χ1v) is 8.37. The molecule has 25 heavy (non-hydrogen) atoms. The molecule has 0 radical (unpaired) electrons. The third kappa shape index (κ3) is 4.37. The molecule has 1 aromatic carbocycles. The van der Waals surface area contributed by atoms with Crippen LogP contribution in [0.5, 0.6) is 0 Å². The SMILES string of the molecule is N#Cc1ccc(N2CCN(C(=O)C=Cc3cccc(Cl)c3)CC2)nc1. The lowest BCUT2D eigenvalue weighted by atomic mass is 10.2. The zero-order valence-electron chi connectivity index (χ0n) is 13.6. The highest BCUT2D eigenvalue weighted by molar-refractivity contribution is 6.30. The van der Waals surface area contributed by atoms with Gasteiger partial charge in [-0.05, 0) is 35.9 Å². The smallest absolute Gasteiger partial charge is 0.246 e. The molecule has 0 unspecified atom stereocenters. The third-order valence-electron chi connectivity index (χ3n) is 4.06. The van der Waals surface area contributed by atoms with Crippen molar-refractivity contribution in [3.05, 3.63) is 64.8 Å². The predicted octanol–water partition coefficient (Wildman–Crippen LogP) is 2.97. The van der Waals surface area contributed by atoms with Gasteiger partial charge in [0.1, 0.15) is 11.9 Å². The minimum atomic E-state index is -0.00702. The van der Waals surface area contributed by atoms with Crippen molar-refractivity contribution in [2.24, 2.45) is 0 Å². The van der Waals surface area contributed by atoms with Gasteiger partial charge in [-0.2, -0.15) is 5.26 Å². The van der Waals surface area contributed by atoms with E-state index >= 15 is 0 Å². The molecule has 2 aromatic rings. The van der Waals surface area contributed by atoms with Gasteiger partial charge in [0.2, 0.25) is 5.91 Å². The highest BCUT2D eigenvalue weighted by atomic mass is 35.5. The maximum atomic E-state index is 12.3. The molecule has 6 heteroatoms. The molecule has 1 aromatic heterocycles. The van der Waals surface area contributed by atoms with E-state index in [1.807, 2.05) is 29.2 Å². The highest BCUT2D eigenvalue weighted by Gasteiger charge is 2.20. The van der Waals surface area contributed by atoms with Crippen molar-refractivity contribution in [3.63, 3.8) is 0 Å². The Balaban J connectivity index is 1.56. The maximum absolute atomic E-state index is 12.3. The summed E-state index contributed by atoms with van der Waals surface area (Å²) in [6.07, 6.45) is 4.94. The highest BCUT2D eigenvalue weighted by Crippen LogP contribution is 2.15. The van der Waals surface area contributed by atoms with Crippen molar-refractivity contribution < 1.29 is 4.79 Å². The summed E-state index contributed by atoms with van der Waals surface area (Å²) in [5.74, 6) is 0.827. The number of rotatable bonds is 3. The third-order valence-corrected chi connectivity index (χ3v) is 4.29. The Morgan fingerprint density at radius 3 is 2.64 bits per heavy atom. The van der Waals surface area contributed by atoms with Crippen molar-refractivity contribution in [2.45, 2.75) is 0 Å². The van der Waals surface area contributed by atoms with Crippen LogP contribution in [0, 0.1) is 11.3 Å². The minimum absolute atomic E-state index is 0.00702. The number of carbonyl (C=O) groups excluding carboxylic acids is 1. The molecule has 0 bridgehead atoms. The number of halogens is 1. The summed E-state index contributed by atoms with van der Waals surface area (Å²) in [7, 11) is 0. The first kappa shape index (κ1) is 17.0. The van der Waals surface area contributed by atoms with Crippen molar-refractivity contribution in [3.8, 4) is 6.07 Å². The van der Waals surface area contributed by atoms with Crippen LogP contribution in [-0.4, -0.2) is 42.0 Å². The fraction of sp³-hybridized carbons (Fsp3) is 0.211. The van der Waals surface area contributed by atoms with Crippen molar-refractivity contribution in [2.75, 3.05) is 31.1 Å². The van der Waals surface area contributed by atoms with Gasteiger partial charge in [-0.3, -0.25) is 4.79 Å². The second-order valence-electron chi connectivity index (χ2n) is 5.72. The molecule has 0 aliphatic carbocycles. The van der Waals surface area contributed by atoms with Crippen LogP contribution in [0.2, 0.25) is 5.02 Å². The quantitative estimate of drug-likeness (QED) is 0.797. The number of anilines is 1. The molecule has 3 rings (SSSR count). The van der Waals surface area contributed by atoms with Crippen LogP contribution in [0.15, 0.2) is 48.7 Å². The van der Waals surface area contributed by atoms with Gasteiger partial charge in [-0.15, -0.1) is 0 Å². The van der Waals surface area contributed by atoms with Gasteiger partial charge in [-0.25, -0.2) is 4.98 Å². The summed E-state index contributed by atoms with van der Waals surface area (Å²) in [5, 5.41) is 9.47. The number of hydrogen-bond acceptors (Lipinski definition) is 4. The summed E-state index contributed by atoms with van der Waals surface area (Å²) in [6.45, 7) is 2.71. The van der Waals surface area contributed by atoms with Gasteiger partial charge in [-0.1, -0.05) is 23.7 Å². The van der Waals surface area contributed by atoms with E-state index < -0.39 is 0 Å². The fourth-order valence-electron chi connectivity index (χ4n) is 2.68. The molecule has 1 fully saturated rings. The van der Waals surface area contributed by atoms with Crippen molar-refractivity contribution in [1.29, 1.82) is 5.26 Å². The summed E-state index contributed by atoms with van der Waals surface area (Å²) >= 11 is 5.94. The number of nitriles is 1. The van der Waals surface area contributed by atoms with Crippen LogP contribution in [0.25, 0.3) is 6.08 Å². The van der Waals surface area contributed by atoms with E-state index in [9.17, 15) is 4.79 Å². The van der Waals surface area contributed by atoms with Crippen LogP contribution in [0.1, 0.15) is 11.1 Å². The lowest BCUT2D eigenvalue weighted by molar-refractivity contribution is -0.126. The molecular formula is C19H17ClN4O. The summed E-state index contributed by atoms with van der Waals surface area (Å²) < 4.78 is 0. The first-order valence-electron chi connectivity index (χ1n) is 7.99. The molecular weight excluding hydrogens is 336 g/mol. The van der Waals surface area contributed by atoms with Crippen molar-refractivity contribution >= 4 is 29.4 Å². The summed E-state index contributed by atoms with van der Waals surface area (Å²) in [6, 6.07) is 13.0. The number of nitrogens with zero attached hydrogens (tertiary/aromatic N) is 4. The second kappa shape index (κ2) is 7.82. The lowest BCUT2D eigenvalue weighted by Crippen LogP contribution is -2.48. The molecule has 5 nitrogen and oxygen atoms in total. The first-order chi connectivity index (χ1) is 12.2. The predicted molar refractivity (Wildman–Crippen MR) is 98.2 cm³/mol. The number of amides is 1. The number of carbonyl (C=O) groups is 1. The summed E-state index contributed by atoms with van der Waals surface area (Å²) in [4.78, 5) is 20.6. The van der Waals surface area contributed by atoms with E-state index in [-0.39, 0.29) is 5.91 Å². The van der Waals surface area contributed by atoms with Gasteiger partial charge < -0.3 is 9.80 Å². The number of piperazine rings is 1. The Labute approximate surface area is 151 Å². The van der Waals surface area contributed by atoms with Gasteiger partial charge in [0, 0.05) is 43.5 Å². The number of benzene rings is 1. The Kier molecular flexibility index (Phi) is 5.32. The van der Waals surface area contributed by atoms with Crippen LogP contribution >= 0.6 is 11.6 Å². The van der Waals surface area contributed by atoms with Gasteiger partial charge in [0.15, 0.2) is 0 Å². The topological polar surface area (TPSA) is 60.2 Å². The van der Waals surface area contributed by atoms with E-state index in [2.05, 4.69) is 16.0 Å². The number of aromatic nitrogens is 1. The molecule has 0 spiro atoms. The van der Waals surface area contributed by atoms with Gasteiger partial charge in [0.05, 0.1) is 5.56 Å². The zero-order valence-corrected chi connectivity index (χ0v) is 14.4. The molecule has 1 amide bonds. The van der Waals surface area contributed by atoms with Crippen LogP contribution in [0.3, 0.4) is 0 Å². The monoisotopic (exact) mass is 352 g/mol. The molecule has 126 valence electrons. The molecule has 0 saturated carbocycles. The van der Waals surface area contributed by atoms with E-state index in [4.69, 9.17) is 16.9 Å². The number of hydrogen-bond donors (Lipinski definition) is 0. The largest absolute Gasteiger partial charge is 0.353 e. The lowest BCUT2D eigenvalue weighted by Gasteiger charge is -2.34. The average molecular weight is 353 g/mol.